The van der Waals surface area contributed by atoms with Gasteiger partial charge in [0.1, 0.15) is 5.82 Å². The lowest BCUT2D eigenvalue weighted by Crippen LogP contribution is -2.03. The monoisotopic (exact) mass is 222 g/mol. The Morgan fingerprint density at radius 2 is 2.06 bits per heavy atom. The summed E-state index contributed by atoms with van der Waals surface area (Å²) in [4.78, 5) is 4.67. The lowest BCUT2D eigenvalue weighted by Gasteiger charge is -2.00. The van der Waals surface area contributed by atoms with Crippen molar-refractivity contribution >= 4 is 0 Å². The predicted molar refractivity (Wildman–Crippen MR) is 64.2 cm³/mol. The molecular formula is C12H22N4. The van der Waals surface area contributed by atoms with E-state index >= 15 is 0 Å². The summed E-state index contributed by atoms with van der Waals surface area (Å²) in [6, 6.07) is 0. The molecule has 0 unspecified atom stereocenters. The fourth-order valence-electron chi connectivity index (χ4n) is 2.44. The van der Waals surface area contributed by atoms with Crippen LogP contribution in [0.2, 0.25) is 0 Å². The highest BCUT2D eigenvalue weighted by atomic mass is 15.3. The van der Waals surface area contributed by atoms with Crippen LogP contribution in [-0.2, 0) is 13.5 Å². The summed E-state index contributed by atoms with van der Waals surface area (Å²) in [6.45, 7) is 0.771. The van der Waals surface area contributed by atoms with Crippen LogP contribution in [0.4, 0.5) is 0 Å². The van der Waals surface area contributed by atoms with Gasteiger partial charge in [0.25, 0.3) is 0 Å². The van der Waals surface area contributed by atoms with Gasteiger partial charge in [0.05, 0.1) is 0 Å². The molecule has 0 aliphatic heterocycles. The van der Waals surface area contributed by atoms with Gasteiger partial charge in [-0.15, -0.1) is 0 Å². The first-order valence-electron chi connectivity index (χ1n) is 6.41. The van der Waals surface area contributed by atoms with Crippen molar-refractivity contribution in [3.8, 4) is 0 Å². The summed E-state index contributed by atoms with van der Waals surface area (Å²) in [7, 11) is 2.00. The van der Waals surface area contributed by atoms with E-state index in [4.69, 9.17) is 5.73 Å². The van der Waals surface area contributed by atoms with Gasteiger partial charge in [0.15, 0.2) is 5.82 Å². The third-order valence-corrected chi connectivity index (χ3v) is 3.44. The van der Waals surface area contributed by atoms with Crippen LogP contribution in [0, 0.1) is 0 Å². The smallest absolute Gasteiger partial charge is 0.154 e. The van der Waals surface area contributed by atoms with E-state index < -0.39 is 0 Å². The Bertz CT molecular complexity index is 326. The van der Waals surface area contributed by atoms with E-state index in [0.29, 0.717) is 5.92 Å². The zero-order valence-electron chi connectivity index (χ0n) is 10.2. The minimum Gasteiger partial charge on any atom is -0.330 e. The molecule has 1 fully saturated rings. The normalized spacial score (nSPS) is 17.1. The number of hydrogen-bond donors (Lipinski definition) is 1. The molecule has 1 aliphatic carbocycles. The summed E-state index contributed by atoms with van der Waals surface area (Å²) >= 11 is 0. The molecule has 0 amide bonds. The fraction of sp³-hybridized carbons (Fsp3) is 0.833. The van der Waals surface area contributed by atoms with E-state index in [-0.39, 0.29) is 0 Å². The van der Waals surface area contributed by atoms with Gasteiger partial charge in [0.2, 0.25) is 0 Å². The van der Waals surface area contributed by atoms with Crippen molar-refractivity contribution in [2.75, 3.05) is 6.54 Å². The zero-order valence-corrected chi connectivity index (χ0v) is 10.2. The van der Waals surface area contributed by atoms with E-state index in [1.54, 1.807) is 0 Å². The van der Waals surface area contributed by atoms with Gasteiger partial charge in [-0.1, -0.05) is 12.8 Å². The van der Waals surface area contributed by atoms with Crippen molar-refractivity contribution in [2.45, 2.75) is 50.9 Å². The Labute approximate surface area is 97.2 Å². The molecule has 1 aromatic heterocycles. The fourth-order valence-corrected chi connectivity index (χ4v) is 2.44. The highest BCUT2D eigenvalue weighted by Gasteiger charge is 2.21. The average molecular weight is 222 g/mol. The number of nitrogens with two attached hydrogens (primary N) is 1. The molecule has 0 saturated heterocycles. The average Bonchev–Trinajstić information content (AvgIpc) is 2.88. The molecule has 0 atom stereocenters. The van der Waals surface area contributed by atoms with Crippen LogP contribution in [0.3, 0.4) is 0 Å². The topological polar surface area (TPSA) is 56.7 Å². The highest BCUT2D eigenvalue weighted by Crippen LogP contribution is 2.32. The van der Waals surface area contributed by atoms with Gasteiger partial charge in [-0.25, -0.2) is 4.98 Å². The zero-order chi connectivity index (χ0) is 11.4. The summed E-state index contributed by atoms with van der Waals surface area (Å²) in [5.74, 6) is 2.81. The van der Waals surface area contributed by atoms with Crippen molar-refractivity contribution < 1.29 is 0 Å². The molecule has 1 aromatic rings. The first-order chi connectivity index (χ1) is 7.81. The second-order valence-corrected chi connectivity index (χ2v) is 4.74. The van der Waals surface area contributed by atoms with Crippen LogP contribution in [-0.4, -0.2) is 21.3 Å². The number of rotatable bonds is 5. The van der Waals surface area contributed by atoms with Crippen molar-refractivity contribution in [1.82, 2.24) is 14.8 Å². The first-order valence-corrected chi connectivity index (χ1v) is 6.41. The van der Waals surface area contributed by atoms with Gasteiger partial charge in [-0.2, -0.15) is 5.10 Å². The summed E-state index contributed by atoms with van der Waals surface area (Å²) in [5.41, 5.74) is 5.49. The van der Waals surface area contributed by atoms with Crippen molar-refractivity contribution in [1.29, 1.82) is 0 Å². The standard InChI is InChI=1S/C12H22N4/c1-16-11(8-4-5-9-13)14-12(15-16)10-6-2-3-7-10/h10H,2-9,13H2,1H3. The number of hydrogen-bond acceptors (Lipinski definition) is 3. The Kier molecular flexibility index (Phi) is 3.93. The molecule has 1 saturated carbocycles. The molecule has 0 bridgehead atoms. The van der Waals surface area contributed by atoms with Gasteiger partial charge in [0, 0.05) is 19.4 Å². The van der Waals surface area contributed by atoms with Crippen LogP contribution in [0.15, 0.2) is 0 Å². The second-order valence-electron chi connectivity index (χ2n) is 4.74. The quantitative estimate of drug-likeness (QED) is 0.772. The second kappa shape index (κ2) is 5.43. The molecule has 90 valence electrons. The van der Waals surface area contributed by atoms with Crippen molar-refractivity contribution in [3.05, 3.63) is 11.6 Å². The van der Waals surface area contributed by atoms with E-state index in [9.17, 15) is 0 Å². The Morgan fingerprint density at radius 1 is 1.31 bits per heavy atom. The molecule has 1 aliphatic rings. The maximum atomic E-state index is 5.49. The van der Waals surface area contributed by atoms with E-state index in [0.717, 1.165) is 37.5 Å². The third-order valence-electron chi connectivity index (χ3n) is 3.44. The summed E-state index contributed by atoms with van der Waals surface area (Å²) < 4.78 is 1.95. The number of nitrogens with zero attached hydrogens (tertiary/aromatic N) is 3. The molecule has 0 radical (unpaired) electrons. The summed E-state index contributed by atoms with van der Waals surface area (Å²) in [5, 5.41) is 4.55. The Hall–Kier alpha value is -0.900. The van der Waals surface area contributed by atoms with Crippen LogP contribution in [0.1, 0.15) is 56.1 Å². The molecule has 1 heterocycles. The predicted octanol–water partition coefficient (Wildman–Crippen LogP) is 1.75. The molecule has 2 rings (SSSR count). The lowest BCUT2D eigenvalue weighted by atomic mass is 10.1. The SMILES string of the molecule is Cn1nc(C2CCCC2)nc1CCCCN. The molecule has 0 aromatic carbocycles. The van der Waals surface area contributed by atoms with Crippen LogP contribution >= 0.6 is 0 Å². The maximum Gasteiger partial charge on any atom is 0.154 e. The number of unbranched alkanes of at least 4 members (excludes halogenated alkanes) is 1. The Balaban J connectivity index is 1.97. The molecule has 16 heavy (non-hydrogen) atoms. The summed E-state index contributed by atoms with van der Waals surface area (Å²) in [6.07, 6.45) is 8.42. The molecule has 2 N–H and O–H groups in total. The minimum atomic E-state index is 0.620. The van der Waals surface area contributed by atoms with E-state index in [2.05, 4.69) is 10.1 Å². The van der Waals surface area contributed by atoms with E-state index in [1.165, 1.54) is 25.7 Å². The molecule has 4 heteroatoms. The third kappa shape index (κ3) is 2.61. The van der Waals surface area contributed by atoms with Gasteiger partial charge < -0.3 is 5.73 Å². The lowest BCUT2D eigenvalue weighted by molar-refractivity contribution is 0.633. The van der Waals surface area contributed by atoms with E-state index in [1.807, 2.05) is 11.7 Å². The van der Waals surface area contributed by atoms with Crippen LogP contribution in [0.5, 0.6) is 0 Å². The van der Waals surface area contributed by atoms with Gasteiger partial charge >= 0.3 is 0 Å². The molecule has 4 nitrogen and oxygen atoms in total. The maximum absolute atomic E-state index is 5.49. The van der Waals surface area contributed by atoms with Crippen LogP contribution < -0.4 is 5.73 Å². The molecule has 0 spiro atoms. The number of aromatic nitrogens is 3. The van der Waals surface area contributed by atoms with Crippen molar-refractivity contribution in [2.24, 2.45) is 12.8 Å². The Morgan fingerprint density at radius 3 is 2.75 bits per heavy atom. The van der Waals surface area contributed by atoms with Crippen LogP contribution in [0.25, 0.3) is 0 Å². The van der Waals surface area contributed by atoms with Gasteiger partial charge in [-0.05, 0) is 32.2 Å². The largest absolute Gasteiger partial charge is 0.330 e. The van der Waals surface area contributed by atoms with Crippen molar-refractivity contribution in [3.63, 3.8) is 0 Å². The minimum absolute atomic E-state index is 0.620. The van der Waals surface area contributed by atoms with Gasteiger partial charge in [-0.3, -0.25) is 4.68 Å². The molecular weight excluding hydrogens is 200 g/mol. The first kappa shape index (κ1) is 11.6. The number of aryl methyl sites for hydroxylation is 2. The highest BCUT2D eigenvalue weighted by molar-refractivity contribution is 5.01.